The van der Waals surface area contributed by atoms with Crippen molar-refractivity contribution in [1.29, 1.82) is 0 Å². The van der Waals surface area contributed by atoms with Crippen molar-refractivity contribution >= 4 is 11.8 Å². The van der Waals surface area contributed by atoms with Crippen LogP contribution in [0.1, 0.15) is 46.2 Å². The molecule has 6 nitrogen and oxygen atoms in total. The van der Waals surface area contributed by atoms with Gasteiger partial charge in [-0.3, -0.25) is 14.7 Å². The maximum absolute atomic E-state index is 13.1. The molecular weight excluding hydrogens is 323 g/mol. The Hall–Kier alpha value is -2.70. The van der Waals surface area contributed by atoms with Crippen LogP contribution in [0.3, 0.4) is 0 Å². The van der Waals surface area contributed by atoms with Crippen molar-refractivity contribution in [1.82, 2.24) is 20.4 Å². The lowest BCUT2D eigenvalue weighted by atomic mass is 9.77. The van der Waals surface area contributed by atoms with Crippen molar-refractivity contribution in [2.24, 2.45) is 0 Å². The molecule has 1 aliphatic rings. The number of aromatic amines is 1. The van der Waals surface area contributed by atoms with Crippen molar-refractivity contribution in [3.63, 3.8) is 0 Å². The summed E-state index contributed by atoms with van der Waals surface area (Å²) in [4.78, 5) is 26.6. The number of halogens is 1. The van der Waals surface area contributed by atoms with Crippen LogP contribution in [0.25, 0.3) is 0 Å². The Bertz CT molecular complexity index is 787. The van der Waals surface area contributed by atoms with Gasteiger partial charge in [-0.1, -0.05) is 6.92 Å². The maximum atomic E-state index is 13.1. The number of hydrogen-bond donors (Lipinski definition) is 2. The van der Waals surface area contributed by atoms with E-state index in [-0.39, 0.29) is 17.6 Å². The SMILES string of the molecule is CNC(=O)c1cn[nH]c1[C@]1(C)CCCN(C(=O)c2ccc(F)cc2)C1. The number of carbonyl (C=O) groups excluding carboxylic acids is 2. The first-order valence-corrected chi connectivity index (χ1v) is 8.25. The molecule has 0 aliphatic carbocycles. The van der Waals surface area contributed by atoms with E-state index in [1.165, 1.54) is 30.5 Å². The van der Waals surface area contributed by atoms with Crippen molar-refractivity contribution in [3.05, 3.63) is 53.1 Å². The Balaban J connectivity index is 1.85. The summed E-state index contributed by atoms with van der Waals surface area (Å²) in [5.74, 6) is -0.702. The summed E-state index contributed by atoms with van der Waals surface area (Å²) >= 11 is 0. The first-order valence-electron chi connectivity index (χ1n) is 8.25. The molecule has 1 fully saturated rings. The van der Waals surface area contributed by atoms with Gasteiger partial charge in [0.15, 0.2) is 0 Å². The minimum Gasteiger partial charge on any atom is -0.355 e. The number of nitrogens with zero attached hydrogens (tertiary/aromatic N) is 2. The van der Waals surface area contributed by atoms with E-state index >= 15 is 0 Å². The zero-order chi connectivity index (χ0) is 18.0. The lowest BCUT2D eigenvalue weighted by Crippen LogP contribution is -2.48. The zero-order valence-corrected chi connectivity index (χ0v) is 14.3. The van der Waals surface area contributed by atoms with Gasteiger partial charge < -0.3 is 10.2 Å². The summed E-state index contributed by atoms with van der Waals surface area (Å²) in [6.45, 7) is 3.13. The van der Waals surface area contributed by atoms with E-state index in [0.717, 1.165) is 18.5 Å². The molecule has 2 amide bonds. The zero-order valence-electron chi connectivity index (χ0n) is 14.3. The van der Waals surface area contributed by atoms with Crippen LogP contribution in [-0.4, -0.2) is 47.0 Å². The second-order valence-electron chi connectivity index (χ2n) is 6.64. The molecule has 0 radical (unpaired) electrons. The molecule has 0 spiro atoms. The van der Waals surface area contributed by atoms with E-state index in [1.807, 2.05) is 6.92 Å². The van der Waals surface area contributed by atoms with Gasteiger partial charge in [-0.2, -0.15) is 5.10 Å². The van der Waals surface area contributed by atoms with Crippen molar-refractivity contribution in [3.8, 4) is 0 Å². The summed E-state index contributed by atoms with van der Waals surface area (Å²) in [6.07, 6.45) is 3.17. The topological polar surface area (TPSA) is 78.1 Å². The number of piperidine rings is 1. The number of rotatable bonds is 3. The second kappa shape index (κ2) is 6.66. The Kier molecular flexibility index (Phi) is 4.57. The van der Waals surface area contributed by atoms with Crippen LogP contribution in [0.2, 0.25) is 0 Å². The standard InChI is InChI=1S/C18H21FN4O2/c1-18(15-14(10-21-22-15)16(24)20-2)8-3-9-23(11-18)17(25)12-4-6-13(19)7-5-12/h4-7,10H,3,8-9,11H2,1-2H3,(H,20,24)(H,21,22)/t18-/m1/s1. The Labute approximate surface area is 145 Å². The van der Waals surface area contributed by atoms with Crippen molar-refractivity contribution in [2.75, 3.05) is 20.1 Å². The number of H-pyrrole nitrogens is 1. The van der Waals surface area contributed by atoms with Gasteiger partial charge in [-0.05, 0) is 37.1 Å². The highest BCUT2D eigenvalue weighted by Gasteiger charge is 2.38. The Morgan fingerprint density at radius 2 is 2.04 bits per heavy atom. The summed E-state index contributed by atoms with van der Waals surface area (Å²) in [5.41, 5.74) is 1.30. The summed E-state index contributed by atoms with van der Waals surface area (Å²) in [5, 5.41) is 9.57. The van der Waals surface area contributed by atoms with Crippen LogP contribution in [0, 0.1) is 5.82 Å². The van der Waals surface area contributed by atoms with Gasteiger partial charge in [0.05, 0.1) is 17.5 Å². The highest BCUT2D eigenvalue weighted by molar-refractivity contribution is 5.96. The summed E-state index contributed by atoms with van der Waals surface area (Å²) in [7, 11) is 1.58. The third kappa shape index (κ3) is 3.26. The molecule has 7 heteroatoms. The summed E-state index contributed by atoms with van der Waals surface area (Å²) in [6, 6.07) is 5.56. The third-order valence-corrected chi connectivity index (χ3v) is 4.79. The molecule has 0 bridgehead atoms. The molecular formula is C18H21FN4O2. The number of hydrogen-bond acceptors (Lipinski definition) is 3. The number of carbonyl (C=O) groups is 2. The van der Waals surface area contributed by atoms with E-state index in [0.29, 0.717) is 24.2 Å². The normalized spacial score (nSPS) is 20.4. The minimum atomic E-state index is -0.397. The number of amides is 2. The van der Waals surface area contributed by atoms with Gasteiger partial charge in [-0.25, -0.2) is 4.39 Å². The second-order valence-corrected chi connectivity index (χ2v) is 6.64. The lowest BCUT2D eigenvalue weighted by Gasteiger charge is -2.40. The predicted molar refractivity (Wildman–Crippen MR) is 90.9 cm³/mol. The van der Waals surface area contributed by atoms with Crippen LogP contribution in [0.5, 0.6) is 0 Å². The molecule has 1 aromatic carbocycles. The molecule has 1 aliphatic heterocycles. The molecule has 2 N–H and O–H groups in total. The molecule has 132 valence electrons. The van der Waals surface area contributed by atoms with Gasteiger partial charge in [-0.15, -0.1) is 0 Å². The van der Waals surface area contributed by atoms with E-state index in [9.17, 15) is 14.0 Å². The van der Waals surface area contributed by atoms with Crippen molar-refractivity contribution in [2.45, 2.75) is 25.2 Å². The van der Waals surface area contributed by atoms with E-state index in [1.54, 1.807) is 11.9 Å². The smallest absolute Gasteiger partial charge is 0.254 e. The van der Waals surface area contributed by atoms with E-state index in [4.69, 9.17) is 0 Å². The lowest BCUT2D eigenvalue weighted by molar-refractivity contribution is 0.0647. The van der Waals surface area contributed by atoms with Crippen LogP contribution < -0.4 is 5.32 Å². The monoisotopic (exact) mass is 344 g/mol. The molecule has 25 heavy (non-hydrogen) atoms. The molecule has 2 heterocycles. The fraction of sp³-hybridized carbons (Fsp3) is 0.389. The number of likely N-dealkylation sites (tertiary alicyclic amines) is 1. The first kappa shape index (κ1) is 17.1. The Morgan fingerprint density at radius 3 is 2.72 bits per heavy atom. The van der Waals surface area contributed by atoms with Crippen molar-refractivity contribution < 1.29 is 14.0 Å². The van der Waals surface area contributed by atoms with Gasteiger partial charge in [0.2, 0.25) is 0 Å². The average Bonchev–Trinajstić information content (AvgIpc) is 3.12. The molecule has 1 atom stereocenters. The third-order valence-electron chi connectivity index (χ3n) is 4.79. The van der Waals surface area contributed by atoms with E-state index < -0.39 is 5.41 Å². The highest BCUT2D eigenvalue weighted by Crippen LogP contribution is 2.34. The molecule has 0 saturated carbocycles. The summed E-state index contributed by atoms with van der Waals surface area (Å²) < 4.78 is 13.1. The van der Waals surface area contributed by atoms with Gasteiger partial charge >= 0.3 is 0 Å². The van der Waals surface area contributed by atoms with Gasteiger partial charge in [0.25, 0.3) is 11.8 Å². The maximum Gasteiger partial charge on any atom is 0.254 e. The fourth-order valence-corrected chi connectivity index (χ4v) is 3.44. The molecule has 2 aromatic rings. The number of benzene rings is 1. The average molecular weight is 344 g/mol. The Morgan fingerprint density at radius 1 is 1.32 bits per heavy atom. The highest BCUT2D eigenvalue weighted by atomic mass is 19.1. The van der Waals surface area contributed by atoms with Gasteiger partial charge in [0, 0.05) is 31.1 Å². The molecule has 1 aromatic heterocycles. The largest absolute Gasteiger partial charge is 0.355 e. The van der Waals surface area contributed by atoms with E-state index in [2.05, 4.69) is 15.5 Å². The number of nitrogens with one attached hydrogen (secondary N) is 2. The fourth-order valence-electron chi connectivity index (χ4n) is 3.44. The minimum absolute atomic E-state index is 0.132. The van der Waals surface area contributed by atoms with Crippen LogP contribution in [0.4, 0.5) is 4.39 Å². The molecule has 1 saturated heterocycles. The van der Waals surface area contributed by atoms with Crippen LogP contribution >= 0.6 is 0 Å². The first-order chi connectivity index (χ1) is 11.9. The van der Waals surface area contributed by atoms with Crippen LogP contribution in [-0.2, 0) is 5.41 Å². The number of aromatic nitrogens is 2. The van der Waals surface area contributed by atoms with Gasteiger partial charge in [0.1, 0.15) is 5.82 Å². The van der Waals surface area contributed by atoms with Crippen LogP contribution in [0.15, 0.2) is 30.5 Å². The molecule has 0 unspecified atom stereocenters. The predicted octanol–water partition coefficient (Wildman–Crippen LogP) is 2.10. The molecule has 3 rings (SSSR count). The quantitative estimate of drug-likeness (QED) is 0.895.